The quantitative estimate of drug-likeness (QED) is 0.486. The number of hydrogen-bond acceptors (Lipinski definition) is 7. The van der Waals surface area contributed by atoms with Crippen LogP contribution in [0.3, 0.4) is 0 Å². The van der Waals surface area contributed by atoms with Crippen LogP contribution in [0.15, 0.2) is 41.6 Å². The van der Waals surface area contributed by atoms with Gasteiger partial charge in [-0.05, 0) is 29.8 Å². The van der Waals surface area contributed by atoms with Crippen molar-refractivity contribution in [2.24, 2.45) is 7.05 Å². The first-order valence-corrected chi connectivity index (χ1v) is 10.7. The fraction of sp³-hybridized carbons (Fsp3) is 0.286. The number of benzene rings is 2. The molecule has 0 fully saturated rings. The minimum atomic E-state index is -0.0997. The maximum atomic E-state index is 12.2. The molecule has 0 atom stereocenters. The number of ether oxygens (including phenoxy) is 3. The molecule has 1 N–H and O–H groups in total. The lowest BCUT2D eigenvalue weighted by Gasteiger charge is -2.14. The van der Waals surface area contributed by atoms with Gasteiger partial charge in [0.15, 0.2) is 22.5 Å². The molecule has 0 saturated heterocycles. The summed E-state index contributed by atoms with van der Waals surface area (Å²) in [5.74, 6) is 2.28. The first-order chi connectivity index (χ1) is 15.0. The number of methoxy groups -OCH3 is 3. The Kier molecular flexibility index (Phi) is 7.64. The number of amides is 1. The van der Waals surface area contributed by atoms with Gasteiger partial charge in [0, 0.05) is 24.2 Å². The van der Waals surface area contributed by atoms with Crippen LogP contribution in [-0.4, -0.2) is 47.8 Å². The lowest BCUT2D eigenvalue weighted by molar-refractivity contribution is -0.118. The summed E-state index contributed by atoms with van der Waals surface area (Å²) >= 11 is 7.18. The molecule has 10 heteroatoms. The molecule has 1 aromatic heterocycles. The smallest absolute Gasteiger partial charge is 0.230 e. The lowest BCUT2D eigenvalue weighted by Crippen LogP contribution is -2.24. The van der Waals surface area contributed by atoms with Crippen molar-refractivity contribution in [1.82, 2.24) is 20.1 Å². The largest absolute Gasteiger partial charge is 0.493 e. The average molecular weight is 463 g/mol. The van der Waals surface area contributed by atoms with Gasteiger partial charge in [-0.1, -0.05) is 35.5 Å². The second-order valence-corrected chi connectivity index (χ2v) is 7.85. The van der Waals surface area contributed by atoms with Crippen LogP contribution >= 0.6 is 23.4 Å². The Morgan fingerprint density at radius 1 is 1.06 bits per heavy atom. The minimum absolute atomic E-state index is 0.0997. The molecule has 8 nitrogen and oxygen atoms in total. The molecule has 3 rings (SSSR count). The number of hydrogen-bond donors (Lipinski definition) is 1. The van der Waals surface area contributed by atoms with Gasteiger partial charge in [-0.2, -0.15) is 0 Å². The molecule has 164 valence electrons. The molecule has 0 spiro atoms. The van der Waals surface area contributed by atoms with E-state index in [1.807, 2.05) is 23.7 Å². The van der Waals surface area contributed by atoms with Crippen LogP contribution < -0.4 is 19.5 Å². The third-order valence-electron chi connectivity index (χ3n) is 4.49. The SMILES string of the molecule is COc1cc(-c2nnc(SCC(=O)NCc3ccc(Cl)cc3)n2C)cc(OC)c1OC. The fourth-order valence-electron chi connectivity index (χ4n) is 2.89. The highest BCUT2D eigenvalue weighted by atomic mass is 35.5. The Hall–Kier alpha value is -2.91. The van der Waals surface area contributed by atoms with Gasteiger partial charge in [0.05, 0.1) is 27.1 Å². The molecule has 0 radical (unpaired) electrons. The van der Waals surface area contributed by atoms with E-state index in [0.29, 0.717) is 39.8 Å². The highest BCUT2D eigenvalue weighted by Gasteiger charge is 2.18. The molecule has 1 heterocycles. The molecule has 0 aliphatic carbocycles. The molecule has 0 saturated carbocycles. The number of nitrogens with one attached hydrogen (secondary N) is 1. The van der Waals surface area contributed by atoms with Crippen molar-refractivity contribution >= 4 is 29.3 Å². The van der Waals surface area contributed by atoms with Crippen molar-refractivity contribution in [3.05, 3.63) is 47.0 Å². The topological polar surface area (TPSA) is 87.5 Å². The average Bonchev–Trinajstić information content (AvgIpc) is 3.16. The number of carbonyl (C=O) groups is 1. The Morgan fingerprint density at radius 3 is 2.29 bits per heavy atom. The van der Waals surface area contributed by atoms with Gasteiger partial charge in [0.25, 0.3) is 0 Å². The van der Waals surface area contributed by atoms with E-state index in [9.17, 15) is 4.79 Å². The summed E-state index contributed by atoms with van der Waals surface area (Å²) in [5, 5.41) is 12.6. The molecule has 2 aromatic carbocycles. The summed E-state index contributed by atoms with van der Waals surface area (Å²) in [6, 6.07) is 10.9. The number of aromatic nitrogens is 3. The molecule has 31 heavy (non-hydrogen) atoms. The van der Waals surface area contributed by atoms with Gasteiger partial charge < -0.3 is 24.1 Å². The summed E-state index contributed by atoms with van der Waals surface area (Å²) in [6.45, 7) is 0.437. The van der Waals surface area contributed by atoms with Gasteiger partial charge in [0.1, 0.15) is 0 Å². The Labute approximate surface area is 189 Å². The van der Waals surface area contributed by atoms with Crippen LogP contribution in [0.25, 0.3) is 11.4 Å². The normalized spacial score (nSPS) is 10.6. The summed E-state index contributed by atoms with van der Waals surface area (Å²) in [6.07, 6.45) is 0. The minimum Gasteiger partial charge on any atom is -0.493 e. The van der Waals surface area contributed by atoms with Gasteiger partial charge in [0.2, 0.25) is 11.7 Å². The Morgan fingerprint density at radius 2 is 1.71 bits per heavy atom. The third kappa shape index (κ3) is 5.42. The zero-order chi connectivity index (χ0) is 22.4. The van der Waals surface area contributed by atoms with Crippen molar-refractivity contribution in [2.45, 2.75) is 11.7 Å². The van der Waals surface area contributed by atoms with Gasteiger partial charge in [-0.3, -0.25) is 4.79 Å². The van der Waals surface area contributed by atoms with Crippen LogP contribution in [0.5, 0.6) is 17.2 Å². The third-order valence-corrected chi connectivity index (χ3v) is 5.77. The summed E-state index contributed by atoms with van der Waals surface area (Å²) in [7, 11) is 6.50. The Bertz CT molecular complexity index is 1030. The van der Waals surface area contributed by atoms with E-state index in [1.165, 1.54) is 11.8 Å². The highest BCUT2D eigenvalue weighted by Crippen LogP contribution is 2.41. The van der Waals surface area contributed by atoms with E-state index >= 15 is 0 Å². The van der Waals surface area contributed by atoms with Gasteiger partial charge >= 0.3 is 0 Å². The predicted molar refractivity (Wildman–Crippen MR) is 120 cm³/mol. The van der Waals surface area contributed by atoms with Crippen LogP contribution in [0, 0.1) is 0 Å². The zero-order valence-corrected chi connectivity index (χ0v) is 19.2. The summed E-state index contributed by atoms with van der Waals surface area (Å²) in [5.41, 5.74) is 1.73. The summed E-state index contributed by atoms with van der Waals surface area (Å²) < 4.78 is 18.0. The lowest BCUT2D eigenvalue weighted by atomic mass is 10.1. The van der Waals surface area contributed by atoms with Crippen molar-refractivity contribution in [1.29, 1.82) is 0 Å². The second-order valence-electron chi connectivity index (χ2n) is 6.47. The zero-order valence-electron chi connectivity index (χ0n) is 17.6. The van der Waals surface area contributed by atoms with E-state index in [2.05, 4.69) is 15.5 Å². The predicted octanol–water partition coefficient (Wildman–Crippen LogP) is 3.57. The molecule has 3 aromatic rings. The number of halogens is 1. The van der Waals surface area contributed by atoms with Crippen LogP contribution in [0.2, 0.25) is 5.02 Å². The summed E-state index contributed by atoms with van der Waals surface area (Å²) in [4.78, 5) is 12.2. The molecule has 0 unspecified atom stereocenters. The van der Waals surface area contributed by atoms with Crippen LogP contribution in [0.4, 0.5) is 0 Å². The maximum absolute atomic E-state index is 12.2. The highest BCUT2D eigenvalue weighted by molar-refractivity contribution is 7.99. The van der Waals surface area contributed by atoms with Crippen molar-refractivity contribution in [2.75, 3.05) is 27.1 Å². The van der Waals surface area contributed by atoms with Crippen LogP contribution in [0.1, 0.15) is 5.56 Å². The van der Waals surface area contributed by atoms with E-state index in [4.69, 9.17) is 25.8 Å². The number of carbonyl (C=O) groups excluding carboxylic acids is 1. The molecule has 0 bridgehead atoms. The van der Waals surface area contributed by atoms with Crippen molar-refractivity contribution in [3.63, 3.8) is 0 Å². The first-order valence-electron chi connectivity index (χ1n) is 9.30. The first kappa shape index (κ1) is 22.8. The molecule has 0 aliphatic heterocycles. The fourth-order valence-corrected chi connectivity index (χ4v) is 3.75. The number of rotatable bonds is 9. The van der Waals surface area contributed by atoms with Gasteiger partial charge in [-0.15, -0.1) is 10.2 Å². The van der Waals surface area contributed by atoms with Crippen molar-refractivity contribution in [3.8, 4) is 28.6 Å². The maximum Gasteiger partial charge on any atom is 0.230 e. The van der Waals surface area contributed by atoms with E-state index in [1.54, 1.807) is 45.6 Å². The second kappa shape index (κ2) is 10.4. The Balaban J connectivity index is 1.67. The molecular formula is C21H23ClN4O4S. The molecular weight excluding hydrogens is 440 g/mol. The van der Waals surface area contributed by atoms with E-state index in [0.717, 1.165) is 11.1 Å². The standard InChI is InChI=1S/C21H23ClN4O4S/c1-26-20(14-9-16(28-2)19(30-4)17(10-14)29-3)24-25-21(26)31-12-18(27)23-11-13-5-7-15(22)8-6-13/h5-10H,11-12H2,1-4H3,(H,23,27). The molecule has 0 aliphatic rings. The van der Waals surface area contributed by atoms with Gasteiger partial charge in [-0.25, -0.2) is 0 Å². The van der Waals surface area contributed by atoms with Crippen molar-refractivity contribution < 1.29 is 19.0 Å². The monoisotopic (exact) mass is 462 g/mol. The number of thioether (sulfide) groups is 1. The van der Waals surface area contributed by atoms with Crippen LogP contribution in [-0.2, 0) is 18.4 Å². The number of nitrogens with zero attached hydrogens (tertiary/aromatic N) is 3. The van der Waals surface area contributed by atoms with E-state index in [-0.39, 0.29) is 11.7 Å². The molecule has 1 amide bonds. The van der Waals surface area contributed by atoms with E-state index < -0.39 is 0 Å².